The molecule has 0 aliphatic heterocycles. The monoisotopic (exact) mass is 462 g/mol. The van der Waals surface area contributed by atoms with Crippen molar-refractivity contribution in [1.82, 2.24) is 0 Å². The summed E-state index contributed by atoms with van der Waals surface area (Å²) in [5.74, 6) is 1.22. The van der Waals surface area contributed by atoms with Crippen LogP contribution in [0.3, 0.4) is 0 Å². The van der Waals surface area contributed by atoms with Crippen LogP contribution in [0.4, 0.5) is 21.0 Å². The Morgan fingerprint density at radius 3 is 1.41 bits per heavy atom. The average molecular weight is 462 g/mol. The van der Waals surface area contributed by atoms with Crippen LogP contribution in [0, 0.1) is 0 Å². The first-order valence-corrected chi connectivity index (χ1v) is 9.93. The number of benzene rings is 3. The molecule has 0 heterocycles. The third kappa shape index (κ3) is 6.10. The Hall–Kier alpha value is -4.86. The third-order valence-corrected chi connectivity index (χ3v) is 4.53. The number of carbonyl (C=O) groups is 2. The predicted octanol–water partition coefficient (Wildman–Crippen LogP) is 4.74. The molecule has 0 fully saturated rings. The molecule has 2 amide bonds. The third-order valence-electron chi connectivity index (χ3n) is 4.53. The number of amides is 2. The number of hydrogen-bond acceptors (Lipinski definition) is 6. The molecule has 3 aromatic carbocycles. The predicted molar refractivity (Wildman–Crippen MR) is 129 cm³/mol. The fourth-order valence-electron chi connectivity index (χ4n) is 2.88. The Kier molecular flexibility index (Phi) is 7.79. The molecule has 0 unspecified atom stereocenters. The van der Waals surface area contributed by atoms with E-state index < -0.39 is 12.2 Å². The highest BCUT2D eigenvalue weighted by Gasteiger charge is 2.16. The van der Waals surface area contributed by atoms with Gasteiger partial charge in [-0.25, -0.2) is 9.59 Å². The SMILES string of the molecule is COc1cccc(C=NN(C(=O)O)c2ccc(N(N=Cc3cccc(OC)c3)C(=O)O)cc2)c1. The minimum Gasteiger partial charge on any atom is -0.497 e. The molecular formula is C24H22N4O6. The van der Waals surface area contributed by atoms with Crippen LogP contribution in [-0.2, 0) is 0 Å². The Morgan fingerprint density at radius 1 is 0.706 bits per heavy atom. The van der Waals surface area contributed by atoms with E-state index in [1.807, 2.05) is 0 Å². The van der Waals surface area contributed by atoms with E-state index in [1.165, 1.54) is 50.9 Å². The molecule has 0 aliphatic carbocycles. The Bertz CT molecular complexity index is 1120. The van der Waals surface area contributed by atoms with Gasteiger partial charge in [0.25, 0.3) is 0 Å². The number of nitrogens with zero attached hydrogens (tertiary/aromatic N) is 4. The summed E-state index contributed by atoms with van der Waals surface area (Å²) in [7, 11) is 3.06. The molecule has 0 radical (unpaired) electrons. The molecule has 0 saturated carbocycles. The highest BCUT2D eigenvalue weighted by Crippen LogP contribution is 2.22. The van der Waals surface area contributed by atoms with Gasteiger partial charge in [-0.15, -0.1) is 0 Å². The van der Waals surface area contributed by atoms with Gasteiger partial charge in [-0.3, -0.25) is 0 Å². The number of anilines is 2. The number of hydrazone groups is 2. The first kappa shape index (κ1) is 23.8. The first-order chi connectivity index (χ1) is 16.4. The maximum Gasteiger partial charge on any atom is 0.432 e. The van der Waals surface area contributed by atoms with Crippen molar-refractivity contribution >= 4 is 36.0 Å². The lowest BCUT2D eigenvalue weighted by Crippen LogP contribution is -2.25. The number of carboxylic acid groups (broad SMARTS) is 2. The number of methoxy groups -OCH3 is 2. The molecule has 0 bridgehead atoms. The largest absolute Gasteiger partial charge is 0.497 e. The van der Waals surface area contributed by atoms with Crippen molar-refractivity contribution in [2.45, 2.75) is 0 Å². The highest BCUT2D eigenvalue weighted by molar-refractivity contribution is 5.92. The summed E-state index contributed by atoms with van der Waals surface area (Å²) in [6, 6.07) is 19.7. The molecule has 0 atom stereocenters. The summed E-state index contributed by atoms with van der Waals surface area (Å²) in [5.41, 5.74) is 1.73. The van der Waals surface area contributed by atoms with Gasteiger partial charge in [0.15, 0.2) is 0 Å². The second kappa shape index (κ2) is 11.1. The van der Waals surface area contributed by atoms with Crippen molar-refractivity contribution < 1.29 is 29.3 Å². The smallest absolute Gasteiger partial charge is 0.432 e. The van der Waals surface area contributed by atoms with E-state index in [1.54, 1.807) is 48.5 Å². The molecule has 0 aliphatic rings. The molecule has 0 aromatic heterocycles. The van der Waals surface area contributed by atoms with Crippen molar-refractivity contribution in [3.63, 3.8) is 0 Å². The van der Waals surface area contributed by atoms with E-state index >= 15 is 0 Å². The van der Waals surface area contributed by atoms with E-state index in [4.69, 9.17) is 9.47 Å². The van der Waals surface area contributed by atoms with Gasteiger partial charge >= 0.3 is 12.2 Å². The van der Waals surface area contributed by atoms with E-state index in [2.05, 4.69) is 10.2 Å². The van der Waals surface area contributed by atoms with Gasteiger partial charge in [-0.2, -0.15) is 20.2 Å². The van der Waals surface area contributed by atoms with Crippen LogP contribution in [0.5, 0.6) is 11.5 Å². The summed E-state index contributed by atoms with van der Waals surface area (Å²) in [5, 5.41) is 28.7. The molecular weight excluding hydrogens is 440 g/mol. The zero-order valence-corrected chi connectivity index (χ0v) is 18.4. The summed E-state index contributed by atoms with van der Waals surface area (Å²) in [6.45, 7) is 0. The Morgan fingerprint density at radius 2 is 1.09 bits per heavy atom. The topological polar surface area (TPSA) is 124 Å². The quantitative estimate of drug-likeness (QED) is 0.368. The molecule has 2 N–H and O–H groups in total. The molecule has 34 heavy (non-hydrogen) atoms. The maximum absolute atomic E-state index is 11.7. The first-order valence-electron chi connectivity index (χ1n) is 9.93. The fraction of sp³-hybridized carbons (Fsp3) is 0.0833. The van der Waals surface area contributed by atoms with E-state index in [0.717, 1.165) is 10.0 Å². The van der Waals surface area contributed by atoms with Crippen LogP contribution in [-0.4, -0.2) is 49.0 Å². The van der Waals surface area contributed by atoms with Crippen LogP contribution >= 0.6 is 0 Å². The van der Waals surface area contributed by atoms with Gasteiger partial charge in [0.05, 0.1) is 38.0 Å². The van der Waals surface area contributed by atoms with Gasteiger partial charge in [0, 0.05) is 0 Å². The van der Waals surface area contributed by atoms with Crippen molar-refractivity contribution in [3.05, 3.63) is 83.9 Å². The molecule has 3 rings (SSSR count). The maximum atomic E-state index is 11.7. The Balaban J connectivity index is 1.81. The van der Waals surface area contributed by atoms with Crippen molar-refractivity contribution in [1.29, 1.82) is 0 Å². The minimum atomic E-state index is -1.31. The van der Waals surface area contributed by atoms with E-state index in [9.17, 15) is 19.8 Å². The summed E-state index contributed by atoms with van der Waals surface area (Å²) in [6.07, 6.45) is 0.148. The highest BCUT2D eigenvalue weighted by atomic mass is 16.5. The number of rotatable bonds is 8. The van der Waals surface area contributed by atoms with E-state index in [-0.39, 0.29) is 11.4 Å². The standard InChI is InChI=1S/C24H22N4O6/c1-33-21-7-3-5-17(13-21)15-25-27(23(29)30)19-9-11-20(12-10-19)28(24(31)32)26-16-18-6-4-8-22(14-18)34-2/h3-16H,1-2H3,(H,29,30)(H,31,32). The van der Waals surface area contributed by atoms with Crippen LogP contribution in [0.25, 0.3) is 0 Å². The van der Waals surface area contributed by atoms with Crippen LogP contribution in [0.2, 0.25) is 0 Å². The molecule has 174 valence electrons. The minimum absolute atomic E-state index is 0.220. The van der Waals surface area contributed by atoms with Crippen molar-refractivity contribution in [2.75, 3.05) is 24.2 Å². The van der Waals surface area contributed by atoms with E-state index in [0.29, 0.717) is 22.6 Å². The van der Waals surface area contributed by atoms with Gasteiger partial charge in [0.1, 0.15) is 11.5 Å². The fourth-order valence-corrected chi connectivity index (χ4v) is 2.88. The lowest BCUT2D eigenvalue weighted by molar-refractivity contribution is 0.201. The normalized spacial score (nSPS) is 10.9. The summed E-state index contributed by atoms with van der Waals surface area (Å²) in [4.78, 5) is 23.5. The summed E-state index contributed by atoms with van der Waals surface area (Å²) >= 11 is 0. The van der Waals surface area contributed by atoms with Gasteiger partial charge in [0.2, 0.25) is 0 Å². The second-order valence-corrected chi connectivity index (χ2v) is 6.75. The molecule has 10 nitrogen and oxygen atoms in total. The Labute approximate surface area is 195 Å². The molecule has 3 aromatic rings. The average Bonchev–Trinajstić information content (AvgIpc) is 2.85. The van der Waals surface area contributed by atoms with Crippen LogP contribution < -0.4 is 19.5 Å². The van der Waals surface area contributed by atoms with Gasteiger partial charge in [-0.05, 0) is 59.7 Å². The van der Waals surface area contributed by atoms with Crippen LogP contribution in [0.1, 0.15) is 11.1 Å². The molecule has 0 spiro atoms. The zero-order valence-electron chi connectivity index (χ0n) is 18.4. The lowest BCUT2D eigenvalue weighted by atomic mass is 10.2. The summed E-state index contributed by atoms with van der Waals surface area (Å²) < 4.78 is 10.3. The molecule has 0 saturated heterocycles. The molecule has 10 heteroatoms. The van der Waals surface area contributed by atoms with Crippen LogP contribution in [0.15, 0.2) is 83.0 Å². The lowest BCUT2D eigenvalue weighted by Gasteiger charge is -2.16. The van der Waals surface area contributed by atoms with Crippen molar-refractivity contribution in [3.8, 4) is 11.5 Å². The van der Waals surface area contributed by atoms with Gasteiger partial charge < -0.3 is 19.7 Å². The van der Waals surface area contributed by atoms with Crippen molar-refractivity contribution in [2.24, 2.45) is 10.2 Å². The number of ether oxygens (including phenoxy) is 2. The number of hydrogen-bond donors (Lipinski definition) is 2. The zero-order chi connectivity index (χ0) is 24.5. The second-order valence-electron chi connectivity index (χ2n) is 6.75. The van der Waals surface area contributed by atoms with Gasteiger partial charge in [-0.1, -0.05) is 24.3 Å².